The number of amides is 3. The van der Waals surface area contributed by atoms with Crippen LogP contribution >= 0.6 is 11.3 Å². The van der Waals surface area contributed by atoms with Gasteiger partial charge in [-0.1, -0.05) is 13.8 Å². The van der Waals surface area contributed by atoms with E-state index in [1.807, 2.05) is 27.7 Å². The topological polar surface area (TPSA) is 78.5 Å². The van der Waals surface area contributed by atoms with Gasteiger partial charge in [0.2, 0.25) is 11.8 Å². The van der Waals surface area contributed by atoms with Gasteiger partial charge in [0.15, 0.2) is 0 Å². The third kappa shape index (κ3) is 3.90. The molecule has 2 heterocycles. The highest BCUT2D eigenvalue weighted by Gasteiger charge is 2.27. The SMILES string of the molecule is Cc1sc(NC(=O)C(C)C)c(C(=O)N2CCNC(=O)CC2)c1C. The molecule has 0 aromatic carbocycles. The largest absolute Gasteiger partial charge is 0.354 e. The number of nitrogens with one attached hydrogen (secondary N) is 2. The minimum absolute atomic E-state index is 0.0353. The van der Waals surface area contributed by atoms with Gasteiger partial charge >= 0.3 is 0 Å². The Morgan fingerprint density at radius 2 is 1.96 bits per heavy atom. The molecule has 0 atom stereocenters. The molecule has 0 radical (unpaired) electrons. The van der Waals surface area contributed by atoms with Crippen LogP contribution < -0.4 is 10.6 Å². The van der Waals surface area contributed by atoms with Crippen LogP contribution in [0, 0.1) is 19.8 Å². The fraction of sp³-hybridized carbons (Fsp3) is 0.562. The monoisotopic (exact) mass is 337 g/mol. The predicted octanol–water partition coefficient (Wildman–Crippen LogP) is 1.92. The lowest BCUT2D eigenvalue weighted by atomic mass is 10.1. The standard InChI is InChI=1S/C16H23N3O3S/c1-9(2)14(21)18-15-13(10(3)11(4)23-15)16(22)19-7-5-12(20)17-6-8-19/h9H,5-8H2,1-4H3,(H,17,20)(H,18,21). The van der Waals surface area contributed by atoms with Crippen LogP contribution in [-0.4, -0.2) is 42.3 Å². The van der Waals surface area contributed by atoms with E-state index in [-0.39, 0.29) is 23.6 Å². The second-order valence-electron chi connectivity index (χ2n) is 6.02. The van der Waals surface area contributed by atoms with Crippen molar-refractivity contribution in [3.63, 3.8) is 0 Å². The number of nitrogens with zero attached hydrogens (tertiary/aromatic N) is 1. The van der Waals surface area contributed by atoms with E-state index in [4.69, 9.17) is 0 Å². The Kier molecular flexibility index (Phi) is 5.41. The summed E-state index contributed by atoms with van der Waals surface area (Å²) >= 11 is 1.42. The normalized spacial score (nSPS) is 15.3. The van der Waals surface area contributed by atoms with Gasteiger partial charge in [0.1, 0.15) is 5.00 Å². The van der Waals surface area contributed by atoms with Crippen LogP contribution in [0.4, 0.5) is 5.00 Å². The number of aryl methyl sites for hydroxylation is 1. The van der Waals surface area contributed by atoms with E-state index in [2.05, 4.69) is 10.6 Å². The lowest BCUT2D eigenvalue weighted by molar-refractivity contribution is -0.120. The molecule has 7 heteroatoms. The van der Waals surface area contributed by atoms with E-state index in [0.29, 0.717) is 36.6 Å². The summed E-state index contributed by atoms with van der Waals surface area (Å²) in [6.45, 7) is 8.81. The molecule has 0 aliphatic carbocycles. The van der Waals surface area contributed by atoms with Gasteiger partial charge in [-0.15, -0.1) is 11.3 Å². The van der Waals surface area contributed by atoms with E-state index in [1.54, 1.807) is 4.90 Å². The molecule has 0 saturated carbocycles. The highest BCUT2D eigenvalue weighted by Crippen LogP contribution is 2.33. The van der Waals surface area contributed by atoms with Gasteiger partial charge in [0.25, 0.3) is 5.91 Å². The Morgan fingerprint density at radius 1 is 1.26 bits per heavy atom. The molecular formula is C16H23N3O3S. The maximum atomic E-state index is 12.9. The van der Waals surface area contributed by atoms with Crippen molar-refractivity contribution in [3.05, 3.63) is 16.0 Å². The van der Waals surface area contributed by atoms with E-state index in [1.165, 1.54) is 11.3 Å². The fourth-order valence-electron chi connectivity index (χ4n) is 2.36. The van der Waals surface area contributed by atoms with Crippen LogP contribution in [0.5, 0.6) is 0 Å². The summed E-state index contributed by atoms with van der Waals surface area (Å²) in [5, 5.41) is 6.23. The van der Waals surface area contributed by atoms with Crippen LogP contribution in [0.15, 0.2) is 0 Å². The molecule has 6 nitrogen and oxygen atoms in total. The van der Waals surface area contributed by atoms with Crippen LogP contribution in [0.25, 0.3) is 0 Å². The first-order valence-electron chi connectivity index (χ1n) is 7.78. The number of thiophene rings is 1. The van der Waals surface area contributed by atoms with Gasteiger partial charge < -0.3 is 15.5 Å². The van der Waals surface area contributed by atoms with Gasteiger partial charge in [-0.05, 0) is 19.4 Å². The molecule has 3 amide bonds. The maximum Gasteiger partial charge on any atom is 0.257 e. The zero-order valence-corrected chi connectivity index (χ0v) is 14.8. The summed E-state index contributed by atoms with van der Waals surface area (Å²) in [7, 11) is 0. The number of hydrogen-bond acceptors (Lipinski definition) is 4. The summed E-state index contributed by atoms with van der Waals surface area (Å²) in [5.41, 5.74) is 1.44. The van der Waals surface area contributed by atoms with Crippen molar-refractivity contribution < 1.29 is 14.4 Å². The van der Waals surface area contributed by atoms with Gasteiger partial charge in [-0.2, -0.15) is 0 Å². The molecule has 0 unspecified atom stereocenters. The molecule has 1 aliphatic rings. The Morgan fingerprint density at radius 3 is 2.61 bits per heavy atom. The van der Waals surface area contributed by atoms with Crippen LogP contribution in [-0.2, 0) is 9.59 Å². The summed E-state index contributed by atoms with van der Waals surface area (Å²) in [6, 6.07) is 0. The summed E-state index contributed by atoms with van der Waals surface area (Å²) in [6.07, 6.45) is 0.307. The molecule has 0 spiro atoms. The van der Waals surface area contributed by atoms with Gasteiger partial charge in [0.05, 0.1) is 5.56 Å². The zero-order valence-electron chi connectivity index (χ0n) is 14.0. The third-order valence-corrected chi connectivity index (χ3v) is 5.08. The first-order chi connectivity index (χ1) is 10.8. The van der Waals surface area contributed by atoms with Crippen molar-refractivity contribution in [1.29, 1.82) is 0 Å². The maximum absolute atomic E-state index is 12.9. The first kappa shape index (κ1) is 17.5. The summed E-state index contributed by atoms with van der Waals surface area (Å²) in [4.78, 5) is 39.0. The van der Waals surface area contributed by atoms with Crippen molar-refractivity contribution >= 4 is 34.1 Å². The van der Waals surface area contributed by atoms with Crippen molar-refractivity contribution in [2.75, 3.05) is 25.0 Å². The van der Waals surface area contributed by atoms with E-state index < -0.39 is 0 Å². The second-order valence-corrected chi connectivity index (χ2v) is 7.25. The molecule has 23 heavy (non-hydrogen) atoms. The predicted molar refractivity (Wildman–Crippen MR) is 90.8 cm³/mol. The Balaban J connectivity index is 2.28. The van der Waals surface area contributed by atoms with Crippen molar-refractivity contribution in [2.24, 2.45) is 5.92 Å². The minimum atomic E-state index is -0.152. The molecule has 126 valence electrons. The Bertz CT molecular complexity index is 637. The number of carbonyl (C=O) groups excluding carboxylic acids is 3. The molecule has 1 aliphatic heterocycles. The summed E-state index contributed by atoms with van der Waals surface area (Å²) in [5.74, 6) is -0.414. The number of anilines is 1. The number of hydrogen-bond donors (Lipinski definition) is 2. The zero-order chi connectivity index (χ0) is 17.1. The van der Waals surface area contributed by atoms with Gasteiger partial charge in [0, 0.05) is 36.9 Å². The molecular weight excluding hydrogens is 314 g/mol. The van der Waals surface area contributed by atoms with Gasteiger partial charge in [-0.25, -0.2) is 0 Å². The lowest BCUT2D eigenvalue weighted by Gasteiger charge is -2.20. The van der Waals surface area contributed by atoms with Crippen molar-refractivity contribution in [2.45, 2.75) is 34.1 Å². The number of rotatable bonds is 3. The van der Waals surface area contributed by atoms with Crippen molar-refractivity contribution in [3.8, 4) is 0 Å². The quantitative estimate of drug-likeness (QED) is 0.884. The Labute approximate surface area is 140 Å². The molecule has 1 aromatic heterocycles. The van der Waals surface area contributed by atoms with Crippen LogP contribution in [0.2, 0.25) is 0 Å². The van der Waals surface area contributed by atoms with E-state index in [9.17, 15) is 14.4 Å². The van der Waals surface area contributed by atoms with Gasteiger partial charge in [-0.3, -0.25) is 14.4 Å². The highest BCUT2D eigenvalue weighted by molar-refractivity contribution is 7.16. The molecule has 1 fully saturated rings. The second kappa shape index (κ2) is 7.12. The molecule has 1 aromatic rings. The number of carbonyl (C=O) groups is 3. The highest BCUT2D eigenvalue weighted by atomic mass is 32.1. The van der Waals surface area contributed by atoms with Crippen LogP contribution in [0.3, 0.4) is 0 Å². The molecule has 2 rings (SSSR count). The summed E-state index contributed by atoms with van der Waals surface area (Å²) < 4.78 is 0. The minimum Gasteiger partial charge on any atom is -0.354 e. The average Bonchev–Trinajstić information content (AvgIpc) is 2.65. The molecule has 0 bridgehead atoms. The third-order valence-electron chi connectivity index (χ3n) is 3.96. The van der Waals surface area contributed by atoms with Crippen molar-refractivity contribution in [1.82, 2.24) is 10.2 Å². The van der Waals surface area contributed by atoms with E-state index >= 15 is 0 Å². The molecule has 2 N–H and O–H groups in total. The van der Waals surface area contributed by atoms with E-state index in [0.717, 1.165) is 10.4 Å². The molecule has 1 saturated heterocycles. The lowest BCUT2D eigenvalue weighted by Crippen LogP contribution is -2.35. The smallest absolute Gasteiger partial charge is 0.257 e. The fourth-order valence-corrected chi connectivity index (χ4v) is 3.41. The average molecular weight is 337 g/mol. The Hall–Kier alpha value is -1.89. The first-order valence-corrected chi connectivity index (χ1v) is 8.59. The van der Waals surface area contributed by atoms with Crippen LogP contribution in [0.1, 0.15) is 41.1 Å².